The van der Waals surface area contributed by atoms with Crippen LogP contribution in [0.1, 0.15) is 25.7 Å². The van der Waals surface area contributed by atoms with E-state index < -0.39 is 5.41 Å². The highest BCUT2D eigenvalue weighted by Gasteiger charge is 2.43. The number of hydrogen-bond acceptors (Lipinski definition) is 4. The average Bonchev–Trinajstić information content (AvgIpc) is 2.77. The second-order valence-corrected chi connectivity index (χ2v) is 3.88. The Morgan fingerprint density at radius 2 is 1.62 bits per heavy atom. The number of amides is 1. The zero-order valence-corrected chi connectivity index (χ0v) is 8.94. The van der Waals surface area contributed by atoms with Gasteiger partial charge in [0.1, 0.15) is 18.5 Å². The smallest absolute Gasteiger partial charge is 0.244 e. The normalized spacial score (nSPS) is 16.8. The first-order valence-electron chi connectivity index (χ1n) is 5.15. The van der Waals surface area contributed by atoms with Crippen LogP contribution in [0.5, 0.6) is 0 Å². The van der Waals surface area contributed by atoms with Crippen molar-refractivity contribution in [1.29, 1.82) is 15.8 Å². The molecule has 0 radical (unpaired) electrons. The molecule has 0 aliphatic heterocycles. The Morgan fingerprint density at radius 3 is 2.00 bits per heavy atom. The van der Waals surface area contributed by atoms with Crippen LogP contribution in [0.3, 0.4) is 0 Å². The maximum absolute atomic E-state index is 12.1. The fourth-order valence-electron chi connectivity index (χ4n) is 2.02. The Labute approximate surface area is 94.5 Å². The maximum Gasteiger partial charge on any atom is 0.244 e. The Morgan fingerprint density at radius 1 is 1.12 bits per heavy atom. The average molecular weight is 216 g/mol. The van der Waals surface area contributed by atoms with Crippen molar-refractivity contribution in [3.05, 3.63) is 0 Å². The molecule has 16 heavy (non-hydrogen) atoms. The molecule has 1 aliphatic carbocycles. The summed E-state index contributed by atoms with van der Waals surface area (Å²) >= 11 is 0. The van der Waals surface area contributed by atoms with E-state index in [-0.39, 0.29) is 19.0 Å². The maximum atomic E-state index is 12.1. The van der Waals surface area contributed by atoms with Crippen molar-refractivity contribution < 1.29 is 4.79 Å². The highest BCUT2D eigenvalue weighted by atomic mass is 16.2. The van der Waals surface area contributed by atoms with Crippen molar-refractivity contribution in [2.45, 2.75) is 25.7 Å². The third-order valence-electron chi connectivity index (χ3n) is 2.89. The van der Waals surface area contributed by atoms with E-state index in [0.717, 1.165) is 17.7 Å². The molecule has 82 valence electrons. The molecule has 0 spiro atoms. The Kier molecular flexibility index (Phi) is 3.86. The molecule has 0 aromatic rings. The van der Waals surface area contributed by atoms with Crippen molar-refractivity contribution in [2.24, 2.45) is 5.41 Å². The molecular formula is C11H12N4O. The first kappa shape index (κ1) is 12.0. The molecule has 1 saturated carbocycles. The molecule has 0 bridgehead atoms. The zero-order valence-electron chi connectivity index (χ0n) is 8.94. The number of carbonyl (C=O) groups is 1. The van der Waals surface area contributed by atoms with Gasteiger partial charge in [-0.25, -0.2) is 0 Å². The number of nitriles is 3. The lowest BCUT2D eigenvalue weighted by Crippen LogP contribution is -2.42. The van der Waals surface area contributed by atoms with Gasteiger partial charge in [-0.1, -0.05) is 12.8 Å². The molecule has 0 saturated heterocycles. The third-order valence-corrected chi connectivity index (χ3v) is 2.89. The molecule has 0 aromatic carbocycles. The van der Waals surface area contributed by atoms with Crippen molar-refractivity contribution in [3.8, 4) is 18.2 Å². The summed E-state index contributed by atoms with van der Waals surface area (Å²) in [6.45, 7) is -0.258. The van der Waals surface area contributed by atoms with Gasteiger partial charge in [0.05, 0.1) is 18.2 Å². The van der Waals surface area contributed by atoms with Gasteiger partial charge in [0.2, 0.25) is 5.91 Å². The first-order chi connectivity index (χ1) is 7.70. The van der Waals surface area contributed by atoms with Crippen LogP contribution in [0, 0.1) is 39.4 Å². The lowest BCUT2D eigenvalue weighted by molar-refractivity contribution is -0.137. The second kappa shape index (κ2) is 5.14. The van der Waals surface area contributed by atoms with Gasteiger partial charge in [-0.2, -0.15) is 15.8 Å². The molecular weight excluding hydrogens is 204 g/mol. The predicted octanol–water partition coefficient (Wildman–Crippen LogP) is 0.946. The van der Waals surface area contributed by atoms with Crippen LogP contribution < -0.4 is 0 Å². The quantitative estimate of drug-likeness (QED) is 0.656. The number of nitrogens with zero attached hydrogens (tertiary/aromatic N) is 4. The molecule has 0 unspecified atom stereocenters. The van der Waals surface area contributed by atoms with Gasteiger partial charge in [-0.15, -0.1) is 0 Å². The summed E-state index contributed by atoms with van der Waals surface area (Å²) in [4.78, 5) is 13.2. The summed E-state index contributed by atoms with van der Waals surface area (Å²) in [7, 11) is 0. The van der Waals surface area contributed by atoms with E-state index in [9.17, 15) is 4.79 Å². The van der Waals surface area contributed by atoms with Gasteiger partial charge >= 0.3 is 0 Å². The largest absolute Gasteiger partial charge is 0.315 e. The Bertz CT molecular complexity index is 374. The summed E-state index contributed by atoms with van der Waals surface area (Å²) in [5, 5.41) is 26.3. The minimum atomic E-state index is -0.992. The van der Waals surface area contributed by atoms with Crippen LogP contribution in [0.2, 0.25) is 0 Å². The molecule has 0 N–H and O–H groups in total. The molecule has 1 aliphatic rings. The van der Waals surface area contributed by atoms with Crippen LogP contribution in [0.25, 0.3) is 0 Å². The molecule has 0 heterocycles. The summed E-state index contributed by atoms with van der Waals surface area (Å²) in [6, 6.07) is 5.75. The van der Waals surface area contributed by atoms with E-state index in [1.54, 1.807) is 0 Å². The van der Waals surface area contributed by atoms with Crippen molar-refractivity contribution in [2.75, 3.05) is 13.1 Å². The Hall–Kier alpha value is -2.06. The second-order valence-electron chi connectivity index (χ2n) is 3.88. The molecule has 1 amide bonds. The molecule has 5 heteroatoms. The van der Waals surface area contributed by atoms with E-state index in [0.29, 0.717) is 12.8 Å². The molecule has 0 atom stereocenters. The zero-order chi connectivity index (χ0) is 12.0. The van der Waals surface area contributed by atoms with Gasteiger partial charge in [-0.05, 0) is 12.8 Å². The van der Waals surface area contributed by atoms with E-state index in [4.69, 9.17) is 15.8 Å². The summed E-state index contributed by atoms with van der Waals surface area (Å²) in [5.41, 5.74) is -0.992. The fourth-order valence-corrected chi connectivity index (χ4v) is 2.02. The summed E-state index contributed by atoms with van der Waals surface area (Å²) < 4.78 is 0. The number of carbonyl (C=O) groups excluding carboxylic acids is 1. The van der Waals surface area contributed by atoms with Crippen LogP contribution in [0.15, 0.2) is 0 Å². The van der Waals surface area contributed by atoms with Crippen molar-refractivity contribution in [1.82, 2.24) is 4.90 Å². The monoisotopic (exact) mass is 216 g/mol. The molecule has 0 aromatic heterocycles. The van der Waals surface area contributed by atoms with E-state index >= 15 is 0 Å². The Balaban J connectivity index is 2.86. The highest BCUT2D eigenvalue weighted by molar-refractivity contribution is 5.86. The van der Waals surface area contributed by atoms with Gasteiger partial charge in [0, 0.05) is 0 Å². The SMILES string of the molecule is N#CCN(CC#N)C(=O)C1(C#N)CCCC1. The molecule has 5 nitrogen and oxygen atoms in total. The molecule has 1 fully saturated rings. The van der Waals surface area contributed by atoms with Crippen LogP contribution in [0.4, 0.5) is 0 Å². The van der Waals surface area contributed by atoms with Crippen molar-refractivity contribution in [3.63, 3.8) is 0 Å². The summed E-state index contributed by atoms with van der Waals surface area (Å²) in [6.07, 6.45) is 2.78. The van der Waals surface area contributed by atoms with Gasteiger partial charge in [0.25, 0.3) is 0 Å². The van der Waals surface area contributed by atoms with E-state index in [1.807, 2.05) is 12.1 Å². The van der Waals surface area contributed by atoms with Crippen LogP contribution in [-0.2, 0) is 4.79 Å². The standard InChI is InChI=1S/C11H12N4O/c12-5-7-15(8-6-13)10(16)11(9-14)3-1-2-4-11/h1-4,7-8H2. The third kappa shape index (κ3) is 2.12. The number of rotatable bonds is 3. The first-order valence-corrected chi connectivity index (χ1v) is 5.15. The van der Waals surface area contributed by atoms with E-state index in [2.05, 4.69) is 6.07 Å². The molecule has 1 rings (SSSR count). The van der Waals surface area contributed by atoms with Gasteiger partial charge in [0.15, 0.2) is 0 Å². The minimum Gasteiger partial charge on any atom is -0.315 e. The minimum absolute atomic E-state index is 0.129. The van der Waals surface area contributed by atoms with Crippen molar-refractivity contribution >= 4 is 5.91 Å². The fraction of sp³-hybridized carbons (Fsp3) is 0.636. The lowest BCUT2D eigenvalue weighted by Gasteiger charge is -2.25. The van der Waals surface area contributed by atoms with Crippen LogP contribution >= 0.6 is 0 Å². The van der Waals surface area contributed by atoms with Crippen LogP contribution in [-0.4, -0.2) is 23.9 Å². The highest BCUT2D eigenvalue weighted by Crippen LogP contribution is 2.38. The lowest BCUT2D eigenvalue weighted by atomic mass is 9.86. The summed E-state index contributed by atoms with van der Waals surface area (Å²) in [5.74, 6) is -0.365. The predicted molar refractivity (Wildman–Crippen MR) is 54.3 cm³/mol. The van der Waals surface area contributed by atoms with Gasteiger partial charge < -0.3 is 4.90 Å². The number of hydrogen-bond donors (Lipinski definition) is 0. The van der Waals surface area contributed by atoms with E-state index in [1.165, 1.54) is 0 Å². The topological polar surface area (TPSA) is 91.7 Å². The van der Waals surface area contributed by atoms with Gasteiger partial charge in [-0.3, -0.25) is 4.79 Å².